The van der Waals surface area contributed by atoms with Crippen molar-refractivity contribution in [2.24, 2.45) is 0 Å². The van der Waals surface area contributed by atoms with E-state index in [0.717, 1.165) is 17.5 Å². The van der Waals surface area contributed by atoms with Gasteiger partial charge in [0, 0.05) is 24.8 Å². The number of ether oxygens (including phenoxy) is 3. The number of hydrogen-bond donors (Lipinski definition) is 1. The number of rotatable bonds is 8. The van der Waals surface area contributed by atoms with Crippen LogP contribution in [0.4, 0.5) is 5.69 Å². The summed E-state index contributed by atoms with van der Waals surface area (Å²) in [7, 11) is 6.55. The lowest BCUT2D eigenvalue weighted by Crippen LogP contribution is -2.43. The Morgan fingerprint density at radius 1 is 1.00 bits per heavy atom. The fraction of sp³-hybridized carbons (Fsp3) is 0.391. The van der Waals surface area contributed by atoms with Gasteiger partial charge in [-0.25, -0.2) is 0 Å². The quantitative estimate of drug-likeness (QED) is 0.696. The first-order valence-electron chi connectivity index (χ1n) is 10.1. The minimum atomic E-state index is -0.190. The van der Waals surface area contributed by atoms with Crippen LogP contribution in [-0.4, -0.2) is 69.6 Å². The van der Waals surface area contributed by atoms with Crippen molar-refractivity contribution in [1.29, 1.82) is 0 Å². The third kappa shape index (κ3) is 5.67. The molecule has 1 N–H and O–H groups in total. The van der Waals surface area contributed by atoms with E-state index in [1.165, 1.54) is 0 Å². The zero-order chi connectivity index (χ0) is 22.4. The van der Waals surface area contributed by atoms with Gasteiger partial charge in [-0.15, -0.1) is 0 Å². The van der Waals surface area contributed by atoms with E-state index in [0.29, 0.717) is 36.0 Å². The number of nitrogens with one attached hydrogen (secondary N) is 1. The fourth-order valence-corrected chi connectivity index (χ4v) is 3.63. The van der Waals surface area contributed by atoms with Crippen molar-refractivity contribution in [2.75, 3.05) is 53.3 Å². The molecule has 0 bridgehead atoms. The Morgan fingerprint density at radius 2 is 1.71 bits per heavy atom. The van der Waals surface area contributed by atoms with E-state index < -0.39 is 0 Å². The molecule has 2 aromatic carbocycles. The van der Waals surface area contributed by atoms with Crippen LogP contribution in [0.3, 0.4) is 0 Å². The van der Waals surface area contributed by atoms with E-state index in [2.05, 4.69) is 5.32 Å². The summed E-state index contributed by atoms with van der Waals surface area (Å²) < 4.78 is 15.9. The predicted molar refractivity (Wildman–Crippen MR) is 118 cm³/mol. The van der Waals surface area contributed by atoms with Crippen LogP contribution in [0.25, 0.3) is 0 Å². The SMILES string of the molecule is COc1cccc(NC(=O)CN(C)CC(=O)N2CCc3cc(OC)c(OC)cc3C2)c1. The highest BCUT2D eigenvalue weighted by atomic mass is 16.5. The summed E-state index contributed by atoms with van der Waals surface area (Å²) in [5.41, 5.74) is 2.87. The Labute approximate surface area is 182 Å². The highest BCUT2D eigenvalue weighted by Crippen LogP contribution is 2.33. The number of hydrogen-bond acceptors (Lipinski definition) is 6. The number of carbonyl (C=O) groups excluding carboxylic acids is 2. The second kappa shape index (κ2) is 10.2. The minimum Gasteiger partial charge on any atom is -0.497 e. The summed E-state index contributed by atoms with van der Waals surface area (Å²) in [6.45, 7) is 1.41. The number of anilines is 1. The minimum absolute atomic E-state index is 0.0166. The third-order valence-corrected chi connectivity index (χ3v) is 5.24. The van der Waals surface area contributed by atoms with Crippen LogP contribution < -0.4 is 19.5 Å². The maximum absolute atomic E-state index is 12.8. The van der Waals surface area contributed by atoms with E-state index >= 15 is 0 Å². The molecule has 166 valence electrons. The summed E-state index contributed by atoms with van der Waals surface area (Å²) in [6.07, 6.45) is 0.751. The Bertz CT molecular complexity index is 947. The first-order valence-corrected chi connectivity index (χ1v) is 10.1. The molecule has 31 heavy (non-hydrogen) atoms. The Hall–Kier alpha value is -3.26. The van der Waals surface area contributed by atoms with Gasteiger partial charge in [0.05, 0.1) is 34.4 Å². The molecule has 0 fully saturated rings. The molecular formula is C23H29N3O5. The fourth-order valence-electron chi connectivity index (χ4n) is 3.63. The summed E-state index contributed by atoms with van der Waals surface area (Å²) in [6, 6.07) is 11.1. The van der Waals surface area contributed by atoms with Crippen LogP contribution in [0.5, 0.6) is 17.2 Å². The van der Waals surface area contributed by atoms with Crippen LogP contribution in [0.15, 0.2) is 36.4 Å². The van der Waals surface area contributed by atoms with Gasteiger partial charge in [0.25, 0.3) is 0 Å². The number of benzene rings is 2. The molecule has 8 nitrogen and oxygen atoms in total. The number of amides is 2. The molecule has 0 aromatic heterocycles. The molecule has 1 aliphatic rings. The van der Waals surface area contributed by atoms with Gasteiger partial charge in [0.15, 0.2) is 11.5 Å². The molecule has 0 atom stereocenters. The van der Waals surface area contributed by atoms with Gasteiger partial charge >= 0.3 is 0 Å². The molecule has 0 aliphatic carbocycles. The smallest absolute Gasteiger partial charge is 0.238 e. The normalized spacial score (nSPS) is 12.9. The van der Waals surface area contributed by atoms with Crippen molar-refractivity contribution < 1.29 is 23.8 Å². The molecule has 0 spiro atoms. The van der Waals surface area contributed by atoms with Gasteiger partial charge in [0.1, 0.15) is 5.75 Å². The highest BCUT2D eigenvalue weighted by Gasteiger charge is 2.24. The molecule has 3 rings (SSSR count). The van der Waals surface area contributed by atoms with E-state index in [-0.39, 0.29) is 24.9 Å². The van der Waals surface area contributed by atoms with Crippen molar-refractivity contribution in [2.45, 2.75) is 13.0 Å². The third-order valence-electron chi connectivity index (χ3n) is 5.24. The van der Waals surface area contributed by atoms with E-state index in [1.807, 2.05) is 23.1 Å². The standard InChI is InChI=1S/C23H29N3O5/c1-25(14-22(27)24-18-6-5-7-19(12-18)29-2)15-23(28)26-9-8-16-10-20(30-3)21(31-4)11-17(16)13-26/h5-7,10-12H,8-9,13-15H2,1-4H3,(H,24,27). The summed E-state index contributed by atoms with van der Waals surface area (Å²) in [5, 5.41) is 2.83. The van der Waals surface area contributed by atoms with Gasteiger partial charge in [-0.3, -0.25) is 14.5 Å². The number of fused-ring (bicyclic) bond motifs is 1. The van der Waals surface area contributed by atoms with Gasteiger partial charge in [-0.2, -0.15) is 0 Å². The van der Waals surface area contributed by atoms with Gasteiger partial charge in [0.2, 0.25) is 11.8 Å². The summed E-state index contributed by atoms with van der Waals surface area (Å²) in [5.74, 6) is 1.81. The first kappa shape index (κ1) is 22.4. The summed E-state index contributed by atoms with van der Waals surface area (Å²) >= 11 is 0. The van der Waals surface area contributed by atoms with Crippen LogP contribution in [0, 0.1) is 0 Å². The second-order valence-corrected chi connectivity index (χ2v) is 7.49. The number of carbonyl (C=O) groups is 2. The van der Waals surface area contributed by atoms with Gasteiger partial charge < -0.3 is 24.4 Å². The molecular weight excluding hydrogens is 398 g/mol. The molecule has 0 saturated carbocycles. The average molecular weight is 428 g/mol. The van der Waals surface area contributed by atoms with Crippen molar-refractivity contribution in [1.82, 2.24) is 9.80 Å². The maximum Gasteiger partial charge on any atom is 0.238 e. The average Bonchev–Trinajstić information content (AvgIpc) is 2.77. The van der Waals surface area contributed by atoms with E-state index in [9.17, 15) is 9.59 Å². The lowest BCUT2D eigenvalue weighted by Gasteiger charge is -2.31. The zero-order valence-corrected chi connectivity index (χ0v) is 18.4. The molecule has 2 amide bonds. The van der Waals surface area contributed by atoms with E-state index in [4.69, 9.17) is 14.2 Å². The lowest BCUT2D eigenvalue weighted by molar-refractivity contribution is -0.133. The van der Waals surface area contributed by atoms with Crippen LogP contribution in [0.1, 0.15) is 11.1 Å². The molecule has 2 aromatic rings. The molecule has 0 unspecified atom stereocenters. The van der Waals surface area contributed by atoms with Crippen LogP contribution in [-0.2, 0) is 22.6 Å². The summed E-state index contributed by atoms with van der Waals surface area (Å²) in [4.78, 5) is 28.7. The molecule has 8 heteroatoms. The van der Waals surface area contributed by atoms with Crippen LogP contribution in [0.2, 0.25) is 0 Å². The molecule has 1 heterocycles. The lowest BCUT2D eigenvalue weighted by atomic mass is 9.98. The Balaban J connectivity index is 1.54. The van der Waals surface area contributed by atoms with Crippen LogP contribution >= 0.6 is 0 Å². The van der Waals surface area contributed by atoms with Crippen molar-refractivity contribution in [3.63, 3.8) is 0 Å². The van der Waals surface area contributed by atoms with Crippen molar-refractivity contribution >= 4 is 17.5 Å². The highest BCUT2D eigenvalue weighted by molar-refractivity contribution is 5.92. The largest absolute Gasteiger partial charge is 0.497 e. The first-order chi connectivity index (χ1) is 14.9. The van der Waals surface area contributed by atoms with Crippen molar-refractivity contribution in [3.8, 4) is 17.2 Å². The predicted octanol–water partition coefficient (Wildman–Crippen LogP) is 2.17. The molecule has 0 radical (unpaired) electrons. The second-order valence-electron chi connectivity index (χ2n) is 7.49. The monoisotopic (exact) mass is 427 g/mol. The van der Waals surface area contributed by atoms with Crippen molar-refractivity contribution in [3.05, 3.63) is 47.5 Å². The number of methoxy groups -OCH3 is 3. The zero-order valence-electron chi connectivity index (χ0n) is 18.4. The topological polar surface area (TPSA) is 80.3 Å². The molecule has 0 saturated heterocycles. The Morgan fingerprint density at radius 3 is 2.39 bits per heavy atom. The van der Waals surface area contributed by atoms with Gasteiger partial charge in [-0.05, 0) is 48.9 Å². The number of likely N-dealkylation sites (N-methyl/N-ethyl adjacent to an activating group) is 1. The molecule has 1 aliphatic heterocycles. The van der Waals surface area contributed by atoms with E-state index in [1.54, 1.807) is 51.5 Å². The number of nitrogens with zero attached hydrogens (tertiary/aromatic N) is 2. The maximum atomic E-state index is 12.8. The Kier molecular flexibility index (Phi) is 7.36. The van der Waals surface area contributed by atoms with Gasteiger partial charge in [-0.1, -0.05) is 6.07 Å².